The van der Waals surface area contributed by atoms with Crippen molar-refractivity contribution in [3.8, 4) is 0 Å². The third kappa shape index (κ3) is 8.26. The van der Waals surface area contributed by atoms with Crippen LogP contribution in [0.1, 0.15) is 46.0 Å². The summed E-state index contributed by atoms with van der Waals surface area (Å²) in [6, 6.07) is 0. The van der Waals surface area contributed by atoms with Gasteiger partial charge in [-0.15, -0.1) is 0 Å². The Labute approximate surface area is 82.8 Å². The van der Waals surface area contributed by atoms with Crippen molar-refractivity contribution < 1.29 is 4.74 Å². The summed E-state index contributed by atoms with van der Waals surface area (Å²) in [7, 11) is 0. The van der Waals surface area contributed by atoms with Crippen molar-refractivity contribution in [1.82, 2.24) is 0 Å². The molecule has 2 nitrogen and oxygen atoms in total. The van der Waals surface area contributed by atoms with Gasteiger partial charge in [0.15, 0.2) is 0 Å². The SMILES string of the molecule is CCCCOCCC(CN)CCC. The number of ether oxygens (including phenoxy) is 1. The fraction of sp³-hybridized carbons (Fsp3) is 1.00. The van der Waals surface area contributed by atoms with Crippen LogP contribution in [0, 0.1) is 5.92 Å². The molecule has 0 aromatic carbocycles. The van der Waals surface area contributed by atoms with Crippen LogP contribution in [-0.2, 0) is 4.74 Å². The van der Waals surface area contributed by atoms with E-state index in [2.05, 4.69) is 13.8 Å². The lowest BCUT2D eigenvalue weighted by Crippen LogP contribution is -2.16. The Balaban J connectivity index is 3.17. The van der Waals surface area contributed by atoms with E-state index < -0.39 is 0 Å². The molecule has 0 heterocycles. The third-order valence-electron chi connectivity index (χ3n) is 2.34. The van der Waals surface area contributed by atoms with Gasteiger partial charge in [-0.25, -0.2) is 0 Å². The predicted octanol–water partition coefficient (Wildman–Crippen LogP) is 2.57. The highest BCUT2D eigenvalue weighted by atomic mass is 16.5. The molecular formula is C11H25NO. The lowest BCUT2D eigenvalue weighted by atomic mass is 10.0. The Morgan fingerprint density at radius 1 is 1.08 bits per heavy atom. The molecule has 0 radical (unpaired) electrons. The van der Waals surface area contributed by atoms with Gasteiger partial charge < -0.3 is 10.5 Å². The van der Waals surface area contributed by atoms with Gasteiger partial charge in [-0.1, -0.05) is 26.7 Å². The molecular weight excluding hydrogens is 162 g/mol. The molecule has 0 spiro atoms. The van der Waals surface area contributed by atoms with Crippen LogP contribution in [-0.4, -0.2) is 19.8 Å². The molecule has 1 atom stereocenters. The summed E-state index contributed by atoms with van der Waals surface area (Å²) in [5.74, 6) is 0.673. The first-order chi connectivity index (χ1) is 6.35. The third-order valence-corrected chi connectivity index (χ3v) is 2.34. The van der Waals surface area contributed by atoms with E-state index in [-0.39, 0.29) is 0 Å². The summed E-state index contributed by atoms with van der Waals surface area (Å²) in [4.78, 5) is 0. The molecule has 2 N–H and O–H groups in total. The van der Waals surface area contributed by atoms with Gasteiger partial charge in [0.25, 0.3) is 0 Å². The fourth-order valence-electron chi connectivity index (χ4n) is 1.39. The van der Waals surface area contributed by atoms with Crippen LogP contribution < -0.4 is 5.73 Å². The van der Waals surface area contributed by atoms with Gasteiger partial charge in [0, 0.05) is 13.2 Å². The number of rotatable bonds is 9. The fourth-order valence-corrected chi connectivity index (χ4v) is 1.39. The topological polar surface area (TPSA) is 35.2 Å². The van der Waals surface area contributed by atoms with E-state index in [4.69, 9.17) is 10.5 Å². The number of hydrogen-bond acceptors (Lipinski definition) is 2. The molecule has 0 aromatic heterocycles. The van der Waals surface area contributed by atoms with Gasteiger partial charge in [0.2, 0.25) is 0 Å². The molecule has 0 aliphatic rings. The molecule has 0 aliphatic carbocycles. The predicted molar refractivity (Wildman–Crippen MR) is 57.8 cm³/mol. The number of hydrogen-bond donors (Lipinski definition) is 1. The van der Waals surface area contributed by atoms with E-state index in [1.807, 2.05) is 0 Å². The van der Waals surface area contributed by atoms with E-state index in [1.54, 1.807) is 0 Å². The first-order valence-electron chi connectivity index (χ1n) is 5.62. The molecule has 0 amide bonds. The van der Waals surface area contributed by atoms with Gasteiger partial charge in [-0.2, -0.15) is 0 Å². The van der Waals surface area contributed by atoms with Crippen LogP contribution in [0.25, 0.3) is 0 Å². The van der Waals surface area contributed by atoms with Crippen LogP contribution in [0.2, 0.25) is 0 Å². The normalized spacial score (nSPS) is 13.2. The molecule has 0 saturated heterocycles. The standard InChI is InChI=1S/C11H25NO/c1-3-5-8-13-9-7-11(10-12)6-4-2/h11H,3-10,12H2,1-2H3. The number of nitrogens with two attached hydrogens (primary N) is 1. The summed E-state index contributed by atoms with van der Waals surface area (Å²) in [6.07, 6.45) is 6.01. The van der Waals surface area contributed by atoms with Gasteiger partial charge >= 0.3 is 0 Å². The van der Waals surface area contributed by atoms with Gasteiger partial charge in [-0.3, -0.25) is 0 Å². The van der Waals surface area contributed by atoms with Crippen LogP contribution in [0.15, 0.2) is 0 Å². The second-order valence-corrected chi connectivity index (χ2v) is 3.65. The van der Waals surface area contributed by atoms with Crippen molar-refractivity contribution >= 4 is 0 Å². The average molecular weight is 187 g/mol. The highest BCUT2D eigenvalue weighted by Crippen LogP contribution is 2.09. The average Bonchev–Trinajstić information content (AvgIpc) is 2.16. The van der Waals surface area contributed by atoms with Crippen LogP contribution in [0.4, 0.5) is 0 Å². The largest absolute Gasteiger partial charge is 0.381 e. The van der Waals surface area contributed by atoms with Crippen LogP contribution >= 0.6 is 0 Å². The minimum absolute atomic E-state index is 0.673. The van der Waals surface area contributed by atoms with E-state index in [0.29, 0.717) is 5.92 Å². The van der Waals surface area contributed by atoms with E-state index >= 15 is 0 Å². The Morgan fingerprint density at radius 2 is 1.85 bits per heavy atom. The maximum absolute atomic E-state index is 5.64. The molecule has 2 heteroatoms. The quantitative estimate of drug-likeness (QED) is 0.563. The minimum atomic E-state index is 0.673. The van der Waals surface area contributed by atoms with Crippen molar-refractivity contribution in [2.75, 3.05) is 19.8 Å². The molecule has 13 heavy (non-hydrogen) atoms. The molecule has 1 unspecified atom stereocenters. The van der Waals surface area contributed by atoms with E-state index in [1.165, 1.54) is 25.7 Å². The molecule has 0 aromatic rings. The van der Waals surface area contributed by atoms with Crippen molar-refractivity contribution in [1.29, 1.82) is 0 Å². The molecule has 80 valence electrons. The second kappa shape index (κ2) is 10.0. The summed E-state index contributed by atoms with van der Waals surface area (Å²) in [5, 5.41) is 0. The van der Waals surface area contributed by atoms with Crippen molar-refractivity contribution in [2.24, 2.45) is 11.7 Å². The van der Waals surface area contributed by atoms with E-state index in [9.17, 15) is 0 Å². The molecule has 0 bridgehead atoms. The first-order valence-corrected chi connectivity index (χ1v) is 5.62. The maximum atomic E-state index is 5.64. The smallest absolute Gasteiger partial charge is 0.0469 e. The summed E-state index contributed by atoms with van der Waals surface area (Å²) < 4.78 is 5.50. The van der Waals surface area contributed by atoms with Crippen molar-refractivity contribution in [2.45, 2.75) is 46.0 Å². The second-order valence-electron chi connectivity index (χ2n) is 3.65. The molecule has 0 rings (SSSR count). The van der Waals surface area contributed by atoms with Crippen molar-refractivity contribution in [3.05, 3.63) is 0 Å². The van der Waals surface area contributed by atoms with E-state index in [0.717, 1.165) is 26.2 Å². The summed E-state index contributed by atoms with van der Waals surface area (Å²) >= 11 is 0. The van der Waals surface area contributed by atoms with Crippen LogP contribution in [0.3, 0.4) is 0 Å². The monoisotopic (exact) mass is 187 g/mol. The highest BCUT2D eigenvalue weighted by molar-refractivity contribution is 4.58. The Hall–Kier alpha value is -0.0800. The minimum Gasteiger partial charge on any atom is -0.381 e. The van der Waals surface area contributed by atoms with Gasteiger partial charge in [0.05, 0.1) is 0 Å². The van der Waals surface area contributed by atoms with Gasteiger partial charge in [-0.05, 0) is 31.7 Å². The highest BCUT2D eigenvalue weighted by Gasteiger charge is 2.04. The Bertz CT molecular complexity index is 96.1. The first kappa shape index (κ1) is 12.9. The summed E-state index contributed by atoms with van der Waals surface area (Å²) in [5.41, 5.74) is 5.64. The maximum Gasteiger partial charge on any atom is 0.0469 e. The Morgan fingerprint density at radius 3 is 2.38 bits per heavy atom. The Kier molecular flexibility index (Phi) is 9.94. The zero-order chi connectivity index (χ0) is 9.94. The lowest BCUT2D eigenvalue weighted by molar-refractivity contribution is 0.117. The molecule has 0 aliphatic heterocycles. The number of unbranched alkanes of at least 4 members (excludes halogenated alkanes) is 1. The lowest BCUT2D eigenvalue weighted by Gasteiger charge is -2.13. The zero-order valence-corrected chi connectivity index (χ0v) is 9.22. The summed E-state index contributed by atoms with van der Waals surface area (Å²) in [6.45, 7) is 7.01. The van der Waals surface area contributed by atoms with Crippen molar-refractivity contribution in [3.63, 3.8) is 0 Å². The molecule has 0 saturated carbocycles. The zero-order valence-electron chi connectivity index (χ0n) is 9.22. The molecule has 0 fully saturated rings. The van der Waals surface area contributed by atoms with Gasteiger partial charge in [0.1, 0.15) is 0 Å². The van der Waals surface area contributed by atoms with Crippen LogP contribution in [0.5, 0.6) is 0 Å².